The number of carbonyl (C=O) groups excluding carboxylic acids is 1. The molecule has 1 aliphatic rings. The van der Waals surface area contributed by atoms with Gasteiger partial charge >= 0.3 is 0 Å². The zero-order valence-electron chi connectivity index (χ0n) is 10.4. The Labute approximate surface area is 103 Å². The molecule has 1 saturated carbocycles. The van der Waals surface area contributed by atoms with E-state index in [1.54, 1.807) is 6.20 Å². The van der Waals surface area contributed by atoms with Gasteiger partial charge in [0.15, 0.2) is 0 Å². The van der Waals surface area contributed by atoms with Crippen LogP contribution in [-0.4, -0.2) is 10.9 Å². The minimum absolute atomic E-state index is 0.160. The van der Waals surface area contributed by atoms with Gasteiger partial charge in [-0.15, -0.1) is 0 Å². The second kappa shape index (κ2) is 5.30. The van der Waals surface area contributed by atoms with E-state index in [9.17, 15) is 4.79 Å². The molecular weight excluding hydrogens is 212 g/mol. The van der Waals surface area contributed by atoms with Gasteiger partial charge in [0.05, 0.1) is 12.2 Å². The van der Waals surface area contributed by atoms with Crippen LogP contribution < -0.4 is 5.32 Å². The lowest BCUT2D eigenvalue weighted by molar-refractivity contribution is -0.132. The first-order chi connectivity index (χ1) is 8.21. The highest BCUT2D eigenvalue weighted by molar-refractivity contribution is 5.82. The molecule has 1 aliphatic carbocycles. The molecule has 0 aromatic carbocycles. The number of nitrogens with zero attached hydrogens (tertiary/aromatic N) is 1. The quantitative estimate of drug-likeness (QED) is 0.870. The fraction of sp³-hybridized carbons (Fsp3) is 0.571. The Bertz CT molecular complexity index is 369. The first kappa shape index (κ1) is 12.1. The Morgan fingerprint density at radius 2 is 2.12 bits per heavy atom. The molecule has 1 N–H and O–H groups in total. The first-order valence-electron chi connectivity index (χ1n) is 6.39. The number of amides is 1. The molecule has 2 rings (SSSR count). The van der Waals surface area contributed by atoms with E-state index in [0.29, 0.717) is 6.54 Å². The number of carbonyl (C=O) groups is 1. The minimum Gasteiger partial charge on any atom is -0.350 e. The largest absolute Gasteiger partial charge is 0.350 e. The Balaban J connectivity index is 1.88. The van der Waals surface area contributed by atoms with Crippen LogP contribution in [0, 0.1) is 5.41 Å². The zero-order valence-corrected chi connectivity index (χ0v) is 10.4. The van der Waals surface area contributed by atoms with Gasteiger partial charge in [-0.3, -0.25) is 9.78 Å². The lowest BCUT2D eigenvalue weighted by Gasteiger charge is -2.31. The van der Waals surface area contributed by atoms with Gasteiger partial charge in [-0.05, 0) is 25.0 Å². The number of rotatable bonds is 3. The SMILES string of the molecule is CC1(C(=O)NCc2ccccn2)CCCCC1. The highest BCUT2D eigenvalue weighted by atomic mass is 16.2. The van der Waals surface area contributed by atoms with Crippen molar-refractivity contribution in [3.05, 3.63) is 30.1 Å². The summed E-state index contributed by atoms with van der Waals surface area (Å²) in [5.41, 5.74) is 0.757. The Hall–Kier alpha value is -1.38. The molecule has 0 bridgehead atoms. The molecule has 0 atom stereocenters. The molecular formula is C14H20N2O. The maximum atomic E-state index is 12.2. The predicted octanol–water partition coefficient (Wildman–Crippen LogP) is 2.67. The van der Waals surface area contributed by atoms with E-state index < -0.39 is 0 Å². The Morgan fingerprint density at radius 1 is 1.35 bits per heavy atom. The smallest absolute Gasteiger partial charge is 0.226 e. The molecule has 0 aliphatic heterocycles. The number of pyridine rings is 1. The lowest BCUT2D eigenvalue weighted by Crippen LogP contribution is -2.40. The maximum Gasteiger partial charge on any atom is 0.226 e. The van der Waals surface area contributed by atoms with Gasteiger partial charge in [0.2, 0.25) is 5.91 Å². The van der Waals surface area contributed by atoms with Crippen LogP contribution >= 0.6 is 0 Å². The summed E-state index contributed by atoms with van der Waals surface area (Å²) in [4.78, 5) is 16.4. The second-order valence-electron chi connectivity index (χ2n) is 5.13. The average molecular weight is 232 g/mol. The van der Waals surface area contributed by atoms with Crippen LogP contribution in [0.1, 0.15) is 44.7 Å². The highest BCUT2D eigenvalue weighted by Gasteiger charge is 2.34. The van der Waals surface area contributed by atoms with Gasteiger partial charge in [-0.25, -0.2) is 0 Å². The molecule has 92 valence electrons. The molecule has 0 unspecified atom stereocenters. The summed E-state index contributed by atoms with van der Waals surface area (Å²) < 4.78 is 0. The topological polar surface area (TPSA) is 42.0 Å². The zero-order chi connectivity index (χ0) is 12.1. The predicted molar refractivity (Wildman–Crippen MR) is 67.3 cm³/mol. The number of nitrogens with one attached hydrogen (secondary N) is 1. The van der Waals surface area contributed by atoms with Crippen LogP contribution in [0.2, 0.25) is 0 Å². The average Bonchev–Trinajstić information content (AvgIpc) is 2.38. The maximum absolute atomic E-state index is 12.2. The fourth-order valence-electron chi connectivity index (χ4n) is 2.45. The molecule has 1 aromatic heterocycles. The molecule has 3 nitrogen and oxygen atoms in total. The number of hydrogen-bond acceptors (Lipinski definition) is 2. The summed E-state index contributed by atoms with van der Waals surface area (Å²) in [7, 11) is 0. The molecule has 1 fully saturated rings. The van der Waals surface area contributed by atoms with Crippen molar-refractivity contribution >= 4 is 5.91 Å². The van der Waals surface area contributed by atoms with E-state index in [2.05, 4.69) is 17.2 Å². The summed E-state index contributed by atoms with van der Waals surface area (Å²) in [6.07, 6.45) is 7.40. The van der Waals surface area contributed by atoms with Crippen molar-refractivity contribution in [1.82, 2.24) is 10.3 Å². The molecule has 1 amide bonds. The van der Waals surface area contributed by atoms with Crippen LogP contribution in [0.4, 0.5) is 0 Å². The van der Waals surface area contributed by atoms with Crippen molar-refractivity contribution in [2.75, 3.05) is 0 Å². The normalized spacial score (nSPS) is 18.6. The van der Waals surface area contributed by atoms with E-state index in [1.165, 1.54) is 19.3 Å². The van der Waals surface area contributed by atoms with E-state index >= 15 is 0 Å². The molecule has 0 radical (unpaired) electrons. The molecule has 0 saturated heterocycles. The highest BCUT2D eigenvalue weighted by Crippen LogP contribution is 2.35. The summed E-state index contributed by atoms with van der Waals surface area (Å²) in [5.74, 6) is 0.183. The van der Waals surface area contributed by atoms with Gasteiger partial charge < -0.3 is 5.32 Å². The Kier molecular flexibility index (Phi) is 3.77. The lowest BCUT2D eigenvalue weighted by atomic mass is 9.75. The van der Waals surface area contributed by atoms with Crippen LogP contribution in [0.15, 0.2) is 24.4 Å². The molecule has 1 heterocycles. The second-order valence-corrected chi connectivity index (χ2v) is 5.13. The van der Waals surface area contributed by atoms with Crippen molar-refractivity contribution in [3.8, 4) is 0 Å². The van der Waals surface area contributed by atoms with Crippen molar-refractivity contribution in [1.29, 1.82) is 0 Å². The van der Waals surface area contributed by atoms with E-state index in [4.69, 9.17) is 0 Å². The van der Waals surface area contributed by atoms with Crippen molar-refractivity contribution in [2.45, 2.75) is 45.6 Å². The van der Waals surface area contributed by atoms with Crippen LogP contribution in [0.3, 0.4) is 0 Å². The van der Waals surface area contributed by atoms with Crippen LogP contribution in [-0.2, 0) is 11.3 Å². The monoisotopic (exact) mass is 232 g/mol. The Morgan fingerprint density at radius 3 is 2.76 bits per heavy atom. The third-order valence-electron chi connectivity index (χ3n) is 3.66. The summed E-state index contributed by atoms with van der Waals surface area (Å²) in [6, 6.07) is 5.76. The fourth-order valence-corrected chi connectivity index (χ4v) is 2.45. The van der Waals surface area contributed by atoms with E-state index in [0.717, 1.165) is 18.5 Å². The first-order valence-corrected chi connectivity index (χ1v) is 6.39. The number of hydrogen-bond donors (Lipinski definition) is 1. The van der Waals surface area contributed by atoms with Gasteiger partial charge in [-0.2, -0.15) is 0 Å². The standard InChI is InChI=1S/C14H20N2O/c1-14(8-4-2-5-9-14)13(17)16-11-12-7-3-6-10-15-12/h3,6-7,10H,2,4-5,8-9,11H2,1H3,(H,16,17). The molecule has 3 heteroatoms. The number of aromatic nitrogens is 1. The summed E-state index contributed by atoms with van der Waals surface area (Å²) in [6.45, 7) is 2.62. The third kappa shape index (κ3) is 3.05. The minimum atomic E-state index is -0.160. The van der Waals surface area contributed by atoms with E-state index in [1.807, 2.05) is 18.2 Å². The van der Waals surface area contributed by atoms with Crippen molar-refractivity contribution in [3.63, 3.8) is 0 Å². The van der Waals surface area contributed by atoms with Gasteiger partial charge in [0.1, 0.15) is 0 Å². The van der Waals surface area contributed by atoms with Crippen molar-refractivity contribution in [2.24, 2.45) is 5.41 Å². The summed E-state index contributed by atoms with van der Waals surface area (Å²) >= 11 is 0. The molecule has 0 spiro atoms. The van der Waals surface area contributed by atoms with Crippen LogP contribution in [0.5, 0.6) is 0 Å². The van der Waals surface area contributed by atoms with Crippen LogP contribution in [0.25, 0.3) is 0 Å². The van der Waals surface area contributed by atoms with Crippen molar-refractivity contribution < 1.29 is 4.79 Å². The van der Waals surface area contributed by atoms with Gasteiger partial charge in [-0.1, -0.05) is 32.3 Å². The summed E-state index contributed by atoms with van der Waals surface area (Å²) in [5, 5.41) is 3.01. The van der Waals surface area contributed by atoms with E-state index in [-0.39, 0.29) is 11.3 Å². The third-order valence-corrected chi connectivity index (χ3v) is 3.66. The van der Waals surface area contributed by atoms with Gasteiger partial charge in [0.25, 0.3) is 0 Å². The van der Waals surface area contributed by atoms with Gasteiger partial charge in [0, 0.05) is 11.6 Å². The molecule has 17 heavy (non-hydrogen) atoms. The molecule has 1 aromatic rings.